The quantitative estimate of drug-likeness (QED) is 0.257. The molecule has 0 spiro atoms. The molecule has 1 aliphatic rings. The molecule has 21 heavy (non-hydrogen) atoms. The third-order valence-corrected chi connectivity index (χ3v) is 3.49. The van der Waals surface area contributed by atoms with Crippen LogP contribution in [0.3, 0.4) is 0 Å². The van der Waals surface area contributed by atoms with Crippen LogP contribution in [0.2, 0.25) is 0 Å². The van der Waals surface area contributed by atoms with Gasteiger partial charge in [0.05, 0.1) is 12.1 Å². The number of carbonyl (C=O) groups is 1. The van der Waals surface area contributed by atoms with Crippen LogP contribution >= 0.6 is 0 Å². The summed E-state index contributed by atoms with van der Waals surface area (Å²) in [7, 11) is 0. The summed E-state index contributed by atoms with van der Waals surface area (Å²) in [6, 6.07) is 0. The monoisotopic (exact) mass is 291 g/mol. The number of hydrogen-bond donors (Lipinski definition) is 0. The summed E-state index contributed by atoms with van der Waals surface area (Å²) in [5.41, 5.74) is 0.400. The predicted octanol–water partition coefficient (Wildman–Crippen LogP) is 3.18. The highest BCUT2D eigenvalue weighted by atomic mass is 16.6. The maximum absolute atomic E-state index is 12.2. The number of carbonyl (C=O) groups excluding carboxylic acids is 1. The van der Waals surface area contributed by atoms with Gasteiger partial charge in [-0.3, -0.25) is 4.79 Å². The zero-order valence-electron chi connectivity index (χ0n) is 13.8. The number of nitrogens with zero attached hydrogens (tertiary/aromatic N) is 1. The number of esters is 1. The first-order valence-corrected chi connectivity index (χ1v) is 7.09. The van der Waals surface area contributed by atoms with Crippen LogP contribution in [0.25, 0.3) is 0 Å². The molecule has 0 aromatic carbocycles. The highest BCUT2D eigenvalue weighted by Crippen LogP contribution is 2.60. The van der Waals surface area contributed by atoms with Gasteiger partial charge in [0.1, 0.15) is 5.60 Å². The van der Waals surface area contributed by atoms with Crippen LogP contribution in [-0.4, -0.2) is 24.4 Å². The SMILES string of the molecule is C#CCON=CC(C)=CC1C(C(=O)OC(C)(C)C)C1(C)C. The molecule has 0 bridgehead atoms. The summed E-state index contributed by atoms with van der Waals surface area (Å²) in [6.07, 6.45) is 8.71. The molecule has 0 N–H and O–H groups in total. The highest BCUT2D eigenvalue weighted by molar-refractivity contribution is 5.81. The largest absolute Gasteiger partial charge is 0.460 e. The third-order valence-electron chi connectivity index (χ3n) is 3.49. The molecule has 0 amide bonds. The molecule has 4 heteroatoms. The summed E-state index contributed by atoms with van der Waals surface area (Å²) < 4.78 is 5.47. The van der Waals surface area contributed by atoms with E-state index < -0.39 is 5.60 Å². The van der Waals surface area contributed by atoms with Gasteiger partial charge >= 0.3 is 5.97 Å². The van der Waals surface area contributed by atoms with Gasteiger partial charge in [-0.25, -0.2) is 0 Å². The molecule has 116 valence electrons. The minimum absolute atomic E-state index is 0.0862. The second kappa shape index (κ2) is 6.34. The Bertz CT molecular complexity index is 489. The fourth-order valence-electron chi connectivity index (χ4n) is 2.33. The van der Waals surface area contributed by atoms with Gasteiger partial charge < -0.3 is 9.57 Å². The molecular weight excluding hydrogens is 266 g/mol. The Morgan fingerprint density at radius 3 is 2.57 bits per heavy atom. The Balaban J connectivity index is 2.66. The van der Waals surface area contributed by atoms with Crippen molar-refractivity contribution in [1.82, 2.24) is 0 Å². The van der Waals surface area contributed by atoms with Gasteiger partial charge in [0, 0.05) is 0 Å². The van der Waals surface area contributed by atoms with Crippen LogP contribution in [0.4, 0.5) is 0 Å². The molecule has 1 aliphatic carbocycles. The first-order chi connectivity index (χ1) is 9.59. The molecule has 1 saturated carbocycles. The van der Waals surface area contributed by atoms with Gasteiger partial charge in [0.15, 0.2) is 6.61 Å². The lowest BCUT2D eigenvalue weighted by Gasteiger charge is -2.19. The third kappa shape index (κ3) is 4.93. The van der Waals surface area contributed by atoms with Crippen molar-refractivity contribution in [2.24, 2.45) is 22.4 Å². The van der Waals surface area contributed by atoms with E-state index in [0.717, 1.165) is 5.57 Å². The van der Waals surface area contributed by atoms with E-state index in [1.807, 2.05) is 33.8 Å². The van der Waals surface area contributed by atoms with Crippen molar-refractivity contribution in [2.75, 3.05) is 6.61 Å². The Labute approximate surface area is 127 Å². The Morgan fingerprint density at radius 2 is 2.05 bits per heavy atom. The van der Waals surface area contributed by atoms with E-state index in [0.29, 0.717) is 0 Å². The molecule has 0 radical (unpaired) electrons. The van der Waals surface area contributed by atoms with Crippen molar-refractivity contribution in [2.45, 2.75) is 47.1 Å². The lowest BCUT2D eigenvalue weighted by atomic mass is 10.1. The minimum atomic E-state index is -0.455. The molecule has 0 aromatic rings. The van der Waals surface area contributed by atoms with Crippen molar-refractivity contribution in [3.8, 4) is 12.3 Å². The average molecular weight is 291 g/mol. The molecule has 2 unspecified atom stereocenters. The molecule has 0 heterocycles. The lowest BCUT2D eigenvalue weighted by molar-refractivity contribution is -0.157. The molecule has 1 rings (SSSR count). The van der Waals surface area contributed by atoms with Gasteiger partial charge in [-0.15, -0.1) is 6.42 Å². The standard InChI is InChI=1S/C17H25NO3/c1-8-9-20-18-11-12(2)10-13-14(17(13,6)7)15(19)21-16(3,4)5/h1,10-11,13-14H,9H2,2-7H3. The predicted molar refractivity (Wildman–Crippen MR) is 83.6 cm³/mol. The summed E-state index contributed by atoms with van der Waals surface area (Å²) in [5.74, 6) is 2.25. The van der Waals surface area contributed by atoms with Crippen molar-refractivity contribution in [3.63, 3.8) is 0 Å². The number of rotatable bonds is 5. The number of allylic oxidation sites excluding steroid dienone is 2. The zero-order chi connectivity index (χ0) is 16.3. The van der Waals surface area contributed by atoms with Crippen molar-refractivity contribution < 1.29 is 14.4 Å². The van der Waals surface area contributed by atoms with Gasteiger partial charge in [-0.1, -0.05) is 31.0 Å². The summed E-state index contributed by atoms with van der Waals surface area (Å²) in [4.78, 5) is 17.0. The second-order valence-electron chi connectivity index (χ2n) is 6.98. The molecule has 1 fully saturated rings. The van der Waals surface area contributed by atoms with Crippen molar-refractivity contribution in [3.05, 3.63) is 11.6 Å². The van der Waals surface area contributed by atoms with Crippen LogP contribution < -0.4 is 0 Å². The fraction of sp³-hybridized carbons (Fsp3) is 0.647. The van der Waals surface area contributed by atoms with E-state index in [1.54, 1.807) is 6.21 Å². The normalized spacial score (nSPS) is 24.5. The van der Waals surface area contributed by atoms with Gasteiger partial charge in [0.2, 0.25) is 0 Å². The van der Waals surface area contributed by atoms with Crippen molar-refractivity contribution >= 4 is 12.2 Å². The van der Waals surface area contributed by atoms with Gasteiger partial charge in [-0.2, -0.15) is 0 Å². The smallest absolute Gasteiger partial charge is 0.310 e. The summed E-state index contributed by atoms with van der Waals surface area (Å²) in [6.45, 7) is 11.9. The van der Waals surface area contributed by atoms with E-state index in [-0.39, 0.29) is 29.8 Å². The van der Waals surface area contributed by atoms with E-state index in [4.69, 9.17) is 16.0 Å². The maximum atomic E-state index is 12.2. The topological polar surface area (TPSA) is 47.9 Å². The van der Waals surface area contributed by atoms with E-state index in [9.17, 15) is 4.79 Å². The molecule has 0 aromatic heterocycles. The number of hydrogen-bond acceptors (Lipinski definition) is 4. The Hall–Kier alpha value is -1.76. The van der Waals surface area contributed by atoms with Crippen LogP contribution in [0.1, 0.15) is 41.5 Å². The molecular formula is C17H25NO3. The lowest BCUT2D eigenvalue weighted by Crippen LogP contribution is -2.26. The first kappa shape index (κ1) is 17.3. The molecule has 0 saturated heterocycles. The van der Waals surface area contributed by atoms with E-state index in [1.165, 1.54) is 0 Å². The maximum Gasteiger partial charge on any atom is 0.310 e. The Kier molecular flexibility index (Phi) is 5.22. The Morgan fingerprint density at radius 1 is 1.43 bits per heavy atom. The summed E-state index contributed by atoms with van der Waals surface area (Å²) in [5, 5.41) is 3.77. The molecule has 4 nitrogen and oxygen atoms in total. The minimum Gasteiger partial charge on any atom is -0.460 e. The van der Waals surface area contributed by atoms with Crippen LogP contribution in [0.5, 0.6) is 0 Å². The average Bonchev–Trinajstić information content (AvgIpc) is 2.84. The number of oxime groups is 1. The molecule has 2 atom stereocenters. The van der Waals surface area contributed by atoms with Crippen molar-refractivity contribution in [1.29, 1.82) is 0 Å². The number of terminal acetylenes is 1. The second-order valence-corrected chi connectivity index (χ2v) is 6.98. The van der Waals surface area contributed by atoms with Gasteiger partial charge in [0.25, 0.3) is 0 Å². The van der Waals surface area contributed by atoms with E-state index >= 15 is 0 Å². The van der Waals surface area contributed by atoms with Crippen LogP contribution in [-0.2, 0) is 14.4 Å². The fourth-order valence-corrected chi connectivity index (χ4v) is 2.33. The van der Waals surface area contributed by atoms with E-state index in [2.05, 4.69) is 24.9 Å². The van der Waals surface area contributed by atoms with Gasteiger partial charge in [-0.05, 0) is 44.6 Å². The first-order valence-electron chi connectivity index (χ1n) is 7.09. The zero-order valence-corrected chi connectivity index (χ0v) is 13.8. The van der Waals surface area contributed by atoms with Crippen LogP contribution in [0.15, 0.2) is 16.8 Å². The highest BCUT2D eigenvalue weighted by Gasteiger charge is 2.61. The van der Waals surface area contributed by atoms with Crippen LogP contribution in [0, 0.1) is 29.6 Å². The molecule has 0 aliphatic heterocycles. The number of ether oxygens (including phenoxy) is 1. The summed E-state index contributed by atoms with van der Waals surface area (Å²) >= 11 is 0.